The Bertz CT molecular complexity index is 544. The van der Waals surface area contributed by atoms with Crippen LogP contribution in [0.3, 0.4) is 0 Å². The first-order chi connectivity index (χ1) is 9.93. The van der Waals surface area contributed by atoms with Crippen molar-refractivity contribution in [2.75, 3.05) is 30.3 Å². The second kappa shape index (κ2) is 6.04. The molecule has 2 N–H and O–H groups in total. The van der Waals surface area contributed by atoms with E-state index >= 15 is 0 Å². The number of rotatable bonds is 5. The number of nitrogens with two attached hydrogens (primary N) is 1. The Hall–Kier alpha value is -2.22. The number of urea groups is 1. The van der Waals surface area contributed by atoms with Gasteiger partial charge in [0.1, 0.15) is 0 Å². The molecule has 0 bridgehead atoms. The van der Waals surface area contributed by atoms with E-state index in [1.165, 1.54) is 0 Å². The van der Waals surface area contributed by atoms with Crippen LogP contribution in [0.25, 0.3) is 0 Å². The van der Waals surface area contributed by atoms with Gasteiger partial charge in [0.25, 0.3) is 0 Å². The number of hydrogen-bond donors (Lipinski definition) is 1. The summed E-state index contributed by atoms with van der Waals surface area (Å²) in [6.07, 6.45) is 1.65. The molecule has 0 saturated carbocycles. The van der Waals surface area contributed by atoms with Gasteiger partial charge >= 0.3 is 6.03 Å². The zero-order valence-corrected chi connectivity index (χ0v) is 12.7. The van der Waals surface area contributed by atoms with Crippen LogP contribution in [-0.4, -0.2) is 30.6 Å². The van der Waals surface area contributed by atoms with E-state index in [0.717, 1.165) is 25.1 Å². The van der Waals surface area contributed by atoms with Crippen LogP contribution < -0.4 is 10.6 Å². The summed E-state index contributed by atoms with van der Waals surface area (Å²) in [5.41, 5.74) is 6.93. The van der Waals surface area contributed by atoms with E-state index in [4.69, 9.17) is 11.0 Å². The van der Waals surface area contributed by atoms with Gasteiger partial charge in [-0.15, -0.1) is 0 Å². The molecule has 0 atom stereocenters. The van der Waals surface area contributed by atoms with Crippen molar-refractivity contribution in [3.63, 3.8) is 0 Å². The highest BCUT2D eigenvalue weighted by Crippen LogP contribution is 2.24. The minimum atomic E-state index is -0.320. The molecule has 2 amide bonds. The maximum Gasteiger partial charge on any atom is 0.324 e. The number of hydrogen-bond acceptors (Lipinski definition) is 3. The van der Waals surface area contributed by atoms with E-state index in [-0.39, 0.29) is 11.4 Å². The van der Waals surface area contributed by atoms with Gasteiger partial charge in [-0.3, -0.25) is 4.90 Å². The highest BCUT2D eigenvalue weighted by Gasteiger charge is 2.29. The molecule has 0 radical (unpaired) electrons. The monoisotopic (exact) mass is 286 g/mol. The lowest BCUT2D eigenvalue weighted by molar-refractivity contribution is 0.218. The Labute approximate surface area is 125 Å². The fraction of sp³-hybridized carbons (Fsp3) is 0.500. The third-order valence-corrected chi connectivity index (χ3v) is 3.83. The number of carbonyl (C=O) groups excluding carboxylic acids is 1. The minimum Gasteiger partial charge on any atom is -0.399 e. The summed E-state index contributed by atoms with van der Waals surface area (Å²) in [4.78, 5) is 16.0. The molecule has 1 saturated heterocycles. The van der Waals surface area contributed by atoms with Crippen LogP contribution in [0.2, 0.25) is 0 Å². The van der Waals surface area contributed by atoms with Crippen LogP contribution in [-0.2, 0) is 0 Å². The maximum atomic E-state index is 12.4. The molecular formula is C16H22N4O. The van der Waals surface area contributed by atoms with Crippen molar-refractivity contribution in [1.82, 2.24) is 4.90 Å². The topological polar surface area (TPSA) is 73.4 Å². The third kappa shape index (κ3) is 3.66. The van der Waals surface area contributed by atoms with Crippen molar-refractivity contribution < 1.29 is 4.79 Å². The Morgan fingerprint density at radius 3 is 2.57 bits per heavy atom. The fourth-order valence-electron chi connectivity index (χ4n) is 2.45. The molecule has 1 aromatic rings. The Kier molecular flexibility index (Phi) is 4.37. The highest BCUT2D eigenvalue weighted by atomic mass is 16.2. The fourth-order valence-corrected chi connectivity index (χ4v) is 2.45. The molecule has 5 heteroatoms. The van der Waals surface area contributed by atoms with Gasteiger partial charge in [0.15, 0.2) is 0 Å². The normalized spacial score (nSPS) is 15.4. The number of carbonyl (C=O) groups is 1. The second-order valence-electron chi connectivity index (χ2n) is 6.11. The summed E-state index contributed by atoms with van der Waals surface area (Å²) in [5.74, 6) is 0. The second-order valence-corrected chi connectivity index (χ2v) is 6.11. The van der Waals surface area contributed by atoms with Crippen LogP contribution in [0.15, 0.2) is 24.3 Å². The molecule has 1 aromatic carbocycles. The Morgan fingerprint density at radius 1 is 1.29 bits per heavy atom. The van der Waals surface area contributed by atoms with E-state index in [1.807, 2.05) is 30.9 Å². The third-order valence-electron chi connectivity index (χ3n) is 3.83. The van der Waals surface area contributed by atoms with Crippen molar-refractivity contribution in [3.8, 4) is 6.07 Å². The van der Waals surface area contributed by atoms with Crippen LogP contribution in [0.4, 0.5) is 16.2 Å². The van der Waals surface area contributed by atoms with E-state index < -0.39 is 0 Å². The van der Waals surface area contributed by atoms with E-state index in [9.17, 15) is 4.79 Å². The van der Waals surface area contributed by atoms with Crippen LogP contribution in [0, 0.1) is 16.7 Å². The molecule has 0 spiro atoms. The van der Waals surface area contributed by atoms with E-state index in [0.29, 0.717) is 18.8 Å². The lowest BCUT2D eigenvalue weighted by atomic mass is 9.90. The molecule has 0 unspecified atom stereocenters. The van der Waals surface area contributed by atoms with Crippen molar-refractivity contribution >= 4 is 17.4 Å². The van der Waals surface area contributed by atoms with Crippen LogP contribution in [0.5, 0.6) is 0 Å². The molecule has 1 heterocycles. The van der Waals surface area contributed by atoms with Gasteiger partial charge in [-0.05, 0) is 51.0 Å². The number of anilines is 2. The van der Waals surface area contributed by atoms with Crippen molar-refractivity contribution in [2.24, 2.45) is 5.41 Å². The average molecular weight is 286 g/mol. The summed E-state index contributed by atoms with van der Waals surface area (Å²) in [6.45, 7) is 6.00. The zero-order valence-electron chi connectivity index (χ0n) is 12.7. The predicted molar refractivity (Wildman–Crippen MR) is 83.8 cm³/mol. The van der Waals surface area contributed by atoms with Gasteiger partial charge < -0.3 is 10.6 Å². The Morgan fingerprint density at radius 2 is 1.95 bits per heavy atom. The van der Waals surface area contributed by atoms with Gasteiger partial charge in [0, 0.05) is 31.0 Å². The van der Waals surface area contributed by atoms with Crippen molar-refractivity contribution in [3.05, 3.63) is 24.3 Å². The molecule has 5 nitrogen and oxygen atoms in total. The minimum absolute atomic E-state index is 0.0366. The first-order valence-corrected chi connectivity index (χ1v) is 7.26. The van der Waals surface area contributed by atoms with Gasteiger partial charge in [0.05, 0.1) is 11.5 Å². The summed E-state index contributed by atoms with van der Waals surface area (Å²) < 4.78 is 0. The van der Waals surface area contributed by atoms with Crippen molar-refractivity contribution in [1.29, 1.82) is 5.26 Å². The summed E-state index contributed by atoms with van der Waals surface area (Å²) in [7, 11) is 0. The maximum absolute atomic E-state index is 12.4. The molecule has 112 valence electrons. The first-order valence-electron chi connectivity index (χ1n) is 7.26. The van der Waals surface area contributed by atoms with E-state index in [1.54, 1.807) is 17.0 Å². The lowest BCUT2D eigenvalue weighted by Gasteiger charge is -2.20. The summed E-state index contributed by atoms with van der Waals surface area (Å²) in [6, 6.07) is 9.68. The summed E-state index contributed by atoms with van der Waals surface area (Å²) in [5, 5.41) is 9.00. The number of nitrogen functional groups attached to an aromatic ring is 1. The van der Waals surface area contributed by atoms with E-state index in [2.05, 4.69) is 6.07 Å². The smallest absolute Gasteiger partial charge is 0.324 e. The van der Waals surface area contributed by atoms with Gasteiger partial charge in [-0.1, -0.05) is 0 Å². The largest absolute Gasteiger partial charge is 0.399 e. The first kappa shape index (κ1) is 15.2. The molecule has 2 rings (SSSR count). The predicted octanol–water partition coefficient (Wildman–Crippen LogP) is 2.84. The van der Waals surface area contributed by atoms with Crippen molar-refractivity contribution in [2.45, 2.75) is 26.7 Å². The summed E-state index contributed by atoms with van der Waals surface area (Å²) >= 11 is 0. The number of amides is 2. The molecule has 0 aromatic heterocycles. The Balaban J connectivity index is 1.90. The molecule has 1 fully saturated rings. The van der Waals surface area contributed by atoms with Crippen LogP contribution >= 0.6 is 0 Å². The zero-order chi connectivity index (χ0) is 15.5. The quantitative estimate of drug-likeness (QED) is 0.846. The molecular weight excluding hydrogens is 264 g/mol. The molecule has 1 aliphatic rings. The standard InChI is InChI=1S/C16H22N4O/c1-16(2,12-17)8-3-9-19-10-11-20(15(19)21)14-6-4-13(18)5-7-14/h4-7H,3,8-11,18H2,1-2H3. The number of nitrogens with zero attached hydrogens (tertiary/aromatic N) is 3. The average Bonchev–Trinajstić information content (AvgIpc) is 2.81. The molecule has 0 aliphatic carbocycles. The SMILES string of the molecule is CC(C)(C#N)CCCN1CCN(c2ccc(N)cc2)C1=O. The van der Waals surface area contributed by atoms with Gasteiger partial charge in [0.2, 0.25) is 0 Å². The lowest BCUT2D eigenvalue weighted by Crippen LogP contribution is -2.32. The van der Waals surface area contributed by atoms with Crippen LogP contribution in [0.1, 0.15) is 26.7 Å². The highest BCUT2D eigenvalue weighted by molar-refractivity contribution is 5.94. The molecule has 21 heavy (non-hydrogen) atoms. The number of nitriles is 1. The van der Waals surface area contributed by atoms with Gasteiger partial charge in [-0.25, -0.2) is 4.79 Å². The number of benzene rings is 1. The molecule has 1 aliphatic heterocycles. The van der Waals surface area contributed by atoms with Gasteiger partial charge in [-0.2, -0.15) is 5.26 Å².